The standard InChI is InChI=1S/C30H37N3O4S/c1-6-27(30(35)31-7-2)32(20-25-11-9-8-10-12-25)29(34)21-33(28-18-15-23(4)19-24(28)5)38(36,37)26-16-13-22(3)14-17-26/h8-19,27H,6-7,20-21H2,1-5H3,(H,31,35)/t27-/m0/s1. The minimum atomic E-state index is -4.09. The van der Waals surface area contributed by atoms with Crippen molar-refractivity contribution in [2.75, 3.05) is 17.4 Å². The van der Waals surface area contributed by atoms with E-state index in [2.05, 4.69) is 5.32 Å². The first-order valence-electron chi connectivity index (χ1n) is 12.9. The van der Waals surface area contributed by atoms with Crippen LogP contribution in [0.3, 0.4) is 0 Å². The summed E-state index contributed by atoms with van der Waals surface area (Å²) in [6.07, 6.45) is 0.388. The third-order valence-electron chi connectivity index (χ3n) is 6.44. The maximum Gasteiger partial charge on any atom is 0.264 e. The van der Waals surface area contributed by atoms with Gasteiger partial charge in [0.2, 0.25) is 11.8 Å². The Morgan fingerprint density at radius 1 is 0.868 bits per heavy atom. The maximum atomic E-state index is 14.0. The molecule has 0 aromatic heterocycles. The summed E-state index contributed by atoms with van der Waals surface area (Å²) in [6, 6.07) is 20.7. The molecule has 0 aliphatic carbocycles. The Balaban J connectivity index is 2.08. The summed E-state index contributed by atoms with van der Waals surface area (Å²) in [4.78, 5) is 28.5. The summed E-state index contributed by atoms with van der Waals surface area (Å²) < 4.78 is 29.1. The first-order valence-corrected chi connectivity index (χ1v) is 14.3. The van der Waals surface area contributed by atoms with E-state index in [1.165, 1.54) is 4.90 Å². The lowest BCUT2D eigenvalue weighted by Gasteiger charge is -2.33. The molecule has 1 atom stereocenters. The van der Waals surface area contributed by atoms with Crippen LogP contribution in [0.1, 0.15) is 42.5 Å². The molecule has 7 nitrogen and oxygen atoms in total. The first kappa shape index (κ1) is 28.9. The third kappa shape index (κ3) is 6.81. The Morgan fingerprint density at radius 3 is 2.08 bits per heavy atom. The number of rotatable bonds is 11. The van der Waals surface area contributed by atoms with E-state index in [1.54, 1.807) is 30.3 Å². The van der Waals surface area contributed by atoms with Crippen LogP contribution in [0.15, 0.2) is 77.7 Å². The molecule has 3 aromatic carbocycles. The maximum absolute atomic E-state index is 14.0. The molecule has 0 unspecified atom stereocenters. The highest BCUT2D eigenvalue weighted by Crippen LogP contribution is 2.28. The minimum absolute atomic E-state index is 0.0984. The second kappa shape index (κ2) is 12.7. The zero-order valence-corrected chi connectivity index (χ0v) is 23.6. The van der Waals surface area contributed by atoms with Crippen molar-refractivity contribution in [3.8, 4) is 0 Å². The highest BCUT2D eigenvalue weighted by atomic mass is 32.2. The summed E-state index contributed by atoms with van der Waals surface area (Å²) in [5.74, 6) is -0.721. The number of hydrogen-bond acceptors (Lipinski definition) is 4. The van der Waals surface area contributed by atoms with Gasteiger partial charge in [-0.2, -0.15) is 0 Å². The Morgan fingerprint density at radius 2 is 1.50 bits per heavy atom. The predicted molar refractivity (Wildman–Crippen MR) is 151 cm³/mol. The lowest BCUT2D eigenvalue weighted by Crippen LogP contribution is -2.52. The Labute approximate surface area is 226 Å². The summed E-state index contributed by atoms with van der Waals surface area (Å²) in [6.45, 7) is 9.48. The van der Waals surface area contributed by atoms with Gasteiger partial charge in [0.25, 0.3) is 10.0 Å². The van der Waals surface area contributed by atoms with Crippen LogP contribution >= 0.6 is 0 Å². The molecule has 0 spiro atoms. The number of nitrogens with zero attached hydrogens (tertiary/aromatic N) is 2. The molecule has 0 bridgehead atoms. The molecule has 8 heteroatoms. The van der Waals surface area contributed by atoms with E-state index in [4.69, 9.17) is 0 Å². The molecule has 0 heterocycles. The van der Waals surface area contributed by atoms with Gasteiger partial charge in [-0.25, -0.2) is 8.42 Å². The second-order valence-corrected chi connectivity index (χ2v) is 11.3. The lowest BCUT2D eigenvalue weighted by atomic mass is 10.1. The van der Waals surface area contributed by atoms with Gasteiger partial charge in [0.1, 0.15) is 12.6 Å². The summed E-state index contributed by atoms with van der Waals surface area (Å²) in [7, 11) is -4.09. The van der Waals surface area contributed by atoms with Crippen molar-refractivity contribution in [3.05, 3.63) is 95.1 Å². The zero-order chi connectivity index (χ0) is 27.9. The summed E-state index contributed by atoms with van der Waals surface area (Å²) >= 11 is 0. The molecule has 0 saturated heterocycles. The molecule has 3 rings (SSSR count). The van der Waals surface area contributed by atoms with Crippen LogP contribution in [0.2, 0.25) is 0 Å². The van der Waals surface area contributed by atoms with Crippen LogP contribution in [0.25, 0.3) is 0 Å². The number of carbonyl (C=O) groups excluding carboxylic acids is 2. The quantitative estimate of drug-likeness (QED) is 0.384. The summed E-state index contributed by atoms with van der Waals surface area (Å²) in [5, 5.41) is 2.81. The van der Waals surface area contributed by atoms with Crippen molar-refractivity contribution >= 4 is 27.5 Å². The molecule has 2 amide bonds. The van der Waals surface area contributed by atoms with Crippen molar-refractivity contribution in [1.82, 2.24) is 10.2 Å². The zero-order valence-electron chi connectivity index (χ0n) is 22.8. The van der Waals surface area contributed by atoms with Crippen LogP contribution in [-0.2, 0) is 26.2 Å². The van der Waals surface area contributed by atoms with Gasteiger partial charge in [0, 0.05) is 13.1 Å². The predicted octanol–water partition coefficient (Wildman–Crippen LogP) is 4.75. The molecule has 0 aliphatic heterocycles. The smallest absolute Gasteiger partial charge is 0.264 e. The number of likely N-dealkylation sites (N-methyl/N-ethyl adjacent to an activating group) is 1. The Kier molecular flexibility index (Phi) is 9.69. The number of hydrogen-bond donors (Lipinski definition) is 1. The number of amides is 2. The fourth-order valence-corrected chi connectivity index (χ4v) is 5.91. The number of benzene rings is 3. The molecule has 3 aromatic rings. The fourth-order valence-electron chi connectivity index (χ4n) is 4.43. The van der Waals surface area contributed by atoms with E-state index < -0.39 is 28.5 Å². The van der Waals surface area contributed by atoms with E-state index in [-0.39, 0.29) is 17.3 Å². The number of carbonyl (C=O) groups is 2. The lowest BCUT2D eigenvalue weighted by molar-refractivity contribution is -0.140. The van der Waals surface area contributed by atoms with Crippen molar-refractivity contribution in [2.24, 2.45) is 0 Å². The average Bonchev–Trinajstić information content (AvgIpc) is 2.88. The first-order chi connectivity index (χ1) is 18.1. The fraction of sp³-hybridized carbons (Fsp3) is 0.333. The van der Waals surface area contributed by atoms with Gasteiger partial charge in [-0.1, -0.05) is 72.6 Å². The van der Waals surface area contributed by atoms with Gasteiger partial charge in [-0.05, 0) is 63.4 Å². The molecule has 0 fully saturated rings. The van der Waals surface area contributed by atoms with Gasteiger partial charge in [-0.3, -0.25) is 13.9 Å². The largest absolute Gasteiger partial charge is 0.355 e. The summed E-state index contributed by atoms with van der Waals surface area (Å²) in [5.41, 5.74) is 3.93. The monoisotopic (exact) mass is 535 g/mol. The van der Waals surface area contributed by atoms with E-state index in [0.717, 1.165) is 26.6 Å². The van der Waals surface area contributed by atoms with Crippen LogP contribution in [0, 0.1) is 20.8 Å². The third-order valence-corrected chi connectivity index (χ3v) is 8.22. The number of anilines is 1. The molecule has 1 N–H and O–H groups in total. The minimum Gasteiger partial charge on any atom is -0.355 e. The van der Waals surface area contributed by atoms with Crippen molar-refractivity contribution in [2.45, 2.75) is 58.5 Å². The number of aryl methyl sites for hydroxylation is 3. The molecule has 0 saturated carbocycles. The molecular formula is C30H37N3O4S. The number of sulfonamides is 1. The van der Waals surface area contributed by atoms with Crippen LogP contribution in [0.5, 0.6) is 0 Å². The normalized spacial score (nSPS) is 12.0. The van der Waals surface area contributed by atoms with Crippen LogP contribution in [0.4, 0.5) is 5.69 Å². The molecule has 0 aliphatic rings. The molecule has 38 heavy (non-hydrogen) atoms. The average molecular weight is 536 g/mol. The van der Waals surface area contributed by atoms with E-state index in [9.17, 15) is 18.0 Å². The molecule has 0 radical (unpaired) electrons. The molecular weight excluding hydrogens is 498 g/mol. The topological polar surface area (TPSA) is 86.8 Å². The van der Waals surface area contributed by atoms with Crippen LogP contribution < -0.4 is 9.62 Å². The van der Waals surface area contributed by atoms with Crippen molar-refractivity contribution < 1.29 is 18.0 Å². The van der Waals surface area contributed by atoms with Gasteiger partial charge >= 0.3 is 0 Å². The van der Waals surface area contributed by atoms with Gasteiger partial charge in [0.05, 0.1) is 10.6 Å². The van der Waals surface area contributed by atoms with Gasteiger partial charge < -0.3 is 10.2 Å². The van der Waals surface area contributed by atoms with Gasteiger partial charge in [0.15, 0.2) is 0 Å². The number of nitrogens with one attached hydrogen (secondary N) is 1. The van der Waals surface area contributed by atoms with Crippen molar-refractivity contribution in [1.29, 1.82) is 0 Å². The van der Waals surface area contributed by atoms with E-state index >= 15 is 0 Å². The van der Waals surface area contributed by atoms with Gasteiger partial charge in [-0.15, -0.1) is 0 Å². The highest BCUT2D eigenvalue weighted by Gasteiger charge is 2.34. The Bertz CT molecular complexity index is 1360. The second-order valence-electron chi connectivity index (χ2n) is 9.44. The van der Waals surface area contributed by atoms with E-state index in [1.807, 2.05) is 77.1 Å². The Hall–Kier alpha value is -3.65. The SMILES string of the molecule is CCNC(=O)[C@H](CC)N(Cc1ccccc1)C(=O)CN(c1ccc(C)cc1C)S(=O)(=O)c1ccc(C)cc1. The van der Waals surface area contributed by atoms with Crippen molar-refractivity contribution in [3.63, 3.8) is 0 Å². The molecule has 202 valence electrons. The van der Waals surface area contributed by atoms with Crippen LogP contribution in [-0.4, -0.2) is 44.3 Å². The highest BCUT2D eigenvalue weighted by molar-refractivity contribution is 7.92. The van der Waals surface area contributed by atoms with E-state index in [0.29, 0.717) is 18.7 Å².